The molecule has 0 spiro atoms. The van der Waals surface area contributed by atoms with Gasteiger partial charge in [-0.15, -0.1) is 11.6 Å². The van der Waals surface area contributed by atoms with Crippen molar-refractivity contribution in [1.29, 1.82) is 0 Å². The molecule has 0 saturated heterocycles. The number of halogens is 1. The average Bonchev–Trinajstić information content (AvgIpc) is 3.02. The quantitative estimate of drug-likeness (QED) is 0.745. The zero-order valence-corrected chi connectivity index (χ0v) is 11.8. The molecule has 0 bridgehead atoms. The predicted molar refractivity (Wildman–Crippen MR) is 75.0 cm³/mol. The van der Waals surface area contributed by atoms with Crippen molar-refractivity contribution in [3.05, 3.63) is 18.0 Å². The number of alkyl halides is 1. The van der Waals surface area contributed by atoms with Crippen LogP contribution in [0.25, 0.3) is 0 Å². The molecule has 2 fully saturated rings. The van der Waals surface area contributed by atoms with Crippen LogP contribution in [0.15, 0.2) is 12.3 Å². The first kappa shape index (κ1) is 12.5. The maximum atomic E-state index is 6.35. The highest BCUT2D eigenvalue weighted by atomic mass is 35.5. The van der Waals surface area contributed by atoms with Crippen molar-refractivity contribution in [3.8, 4) is 0 Å². The fourth-order valence-electron chi connectivity index (χ4n) is 3.53. The van der Waals surface area contributed by atoms with Gasteiger partial charge in [0.2, 0.25) is 0 Å². The summed E-state index contributed by atoms with van der Waals surface area (Å²) in [5.41, 5.74) is 1.25. The van der Waals surface area contributed by atoms with Crippen LogP contribution in [0.5, 0.6) is 0 Å². The normalized spacial score (nSPS) is 29.8. The Morgan fingerprint density at radius 1 is 1.11 bits per heavy atom. The molecule has 3 rings (SSSR count). The summed E-state index contributed by atoms with van der Waals surface area (Å²) < 4.78 is 2.21. The Bertz CT molecular complexity index is 382. The van der Waals surface area contributed by atoms with Crippen molar-refractivity contribution in [2.75, 3.05) is 0 Å². The third-order valence-electron chi connectivity index (χ3n) is 4.65. The first-order chi connectivity index (χ1) is 8.83. The molecule has 1 aromatic heterocycles. The molecule has 2 atom stereocenters. The Morgan fingerprint density at radius 2 is 1.94 bits per heavy atom. The fraction of sp³-hybridized carbons (Fsp3) is 0.800. The zero-order chi connectivity index (χ0) is 12.4. The third kappa shape index (κ3) is 2.74. The van der Waals surface area contributed by atoms with Gasteiger partial charge in [-0.1, -0.05) is 25.7 Å². The van der Waals surface area contributed by atoms with Crippen molar-refractivity contribution in [3.63, 3.8) is 0 Å². The van der Waals surface area contributed by atoms with E-state index in [1.807, 2.05) is 0 Å². The van der Waals surface area contributed by atoms with Crippen molar-refractivity contribution < 1.29 is 0 Å². The molecule has 2 aliphatic rings. The monoisotopic (exact) mass is 266 g/mol. The van der Waals surface area contributed by atoms with E-state index < -0.39 is 0 Å². The summed E-state index contributed by atoms with van der Waals surface area (Å²) in [7, 11) is 0. The third-order valence-corrected chi connectivity index (χ3v) is 5.22. The molecule has 3 heteroatoms. The molecule has 2 saturated carbocycles. The van der Waals surface area contributed by atoms with Crippen molar-refractivity contribution >= 4 is 11.6 Å². The molecule has 0 radical (unpaired) electrons. The molecule has 100 valence electrons. The lowest BCUT2D eigenvalue weighted by Crippen LogP contribution is -2.15. The molecule has 0 N–H and O–H groups in total. The highest BCUT2D eigenvalue weighted by molar-refractivity contribution is 6.20. The molecule has 18 heavy (non-hydrogen) atoms. The molecule has 2 unspecified atom stereocenters. The number of nitrogens with zero attached hydrogens (tertiary/aromatic N) is 2. The predicted octanol–water partition coefficient (Wildman–Crippen LogP) is 4.34. The van der Waals surface area contributed by atoms with Gasteiger partial charge in [0.05, 0.1) is 11.7 Å². The lowest BCUT2D eigenvalue weighted by Gasteiger charge is -2.21. The van der Waals surface area contributed by atoms with Gasteiger partial charge in [-0.25, -0.2) is 0 Å². The van der Waals surface area contributed by atoms with Crippen LogP contribution in [-0.4, -0.2) is 15.2 Å². The summed E-state index contributed by atoms with van der Waals surface area (Å²) in [6, 6.07) is 2.86. The van der Waals surface area contributed by atoms with Crippen LogP contribution < -0.4 is 0 Å². The van der Waals surface area contributed by atoms with E-state index in [0.29, 0.717) is 17.3 Å². The van der Waals surface area contributed by atoms with Gasteiger partial charge in [0.25, 0.3) is 0 Å². The van der Waals surface area contributed by atoms with Crippen LogP contribution in [0.4, 0.5) is 0 Å². The van der Waals surface area contributed by atoms with Gasteiger partial charge >= 0.3 is 0 Å². The molecule has 1 heterocycles. The van der Waals surface area contributed by atoms with E-state index in [2.05, 4.69) is 16.9 Å². The van der Waals surface area contributed by atoms with Crippen LogP contribution >= 0.6 is 11.6 Å². The highest BCUT2D eigenvalue weighted by Gasteiger charge is 2.26. The van der Waals surface area contributed by atoms with E-state index in [1.54, 1.807) is 0 Å². The maximum Gasteiger partial charge on any atom is 0.0628 e. The minimum absolute atomic E-state index is 0.379. The molecule has 0 amide bonds. The summed E-state index contributed by atoms with van der Waals surface area (Å²) in [4.78, 5) is 0. The molecular formula is C15H23ClN2. The van der Waals surface area contributed by atoms with Crippen LogP contribution in [0, 0.1) is 5.92 Å². The average molecular weight is 267 g/mol. The Hall–Kier alpha value is -0.500. The van der Waals surface area contributed by atoms with E-state index in [4.69, 9.17) is 16.7 Å². The van der Waals surface area contributed by atoms with Gasteiger partial charge in [-0.2, -0.15) is 5.10 Å². The summed E-state index contributed by atoms with van der Waals surface area (Å²) >= 11 is 6.35. The van der Waals surface area contributed by atoms with Gasteiger partial charge in [-0.3, -0.25) is 4.68 Å². The van der Waals surface area contributed by atoms with Crippen LogP contribution in [0.3, 0.4) is 0 Å². The summed E-state index contributed by atoms with van der Waals surface area (Å²) in [6.07, 6.45) is 13.8. The highest BCUT2D eigenvalue weighted by Crippen LogP contribution is 2.33. The van der Waals surface area contributed by atoms with Crippen molar-refractivity contribution in [2.45, 2.75) is 69.2 Å². The van der Waals surface area contributed by atoms with Crippen LogP contribution in [0.1, 0.15) is 63.1 Å². The Kier molecular flexibility index (Phi) is 3.93. The molecule has 0 aromatic carbocycles. The second kappa shape index (κ2) is 5.64. The maximum absolute atomic E-state index is 6.35. The summed E-state index contributed by atoms with van der Waals surface area (Å²) in [5, 5.41) is 5.17. The number of hydrogen-bond acceptors (Lipinski definition) is 1. The second-order valence-corrected chi connectivity index (χ2v) is 6.55. The smallest absolute Gasteiger partial charge is 0.0628 e. The van der Waals surface area contributed by atoms with E-state index in [-0.39, 0.29) is 0 Å². The zero-order valence-electron chi connectivity index (χ0n) is 11.0. The van der Waals surface area contributed by atoms with E-state index in [0.717, 1.165) is 6.42 Å². The number of hydrogen-bond donors (Lipinski definition) is 0. The summed E-state index contributed by atoms with van der Waals surface area (Å²) in [5.74, 6) is 0.654. The van der Waals surface area contributed by atoms with Crippen LogP contribution in [0.2, 0.25) is 0 Å². The molecular weight excluding hydrogens is 244 g/mol. The second-order valence-electron chi connectivity index (χ2n) is 5.99. The fourth-order valence-corrected chi connectivity index (χ4v) is 3.89. The Morgan fingerprint density at radius 3 is 2.67 bits per heavy atom. The SMILES string of the molecule is ClC1CCCC1Cc1ccn(C2CCCCC2)n1. The van der Waals surface area contributed by atoms with Crippen molar-refractivity contribution in [1.82, 2.24) is 9.78 Å². The lowest BCUT2D eigenvalue weighted by molar-refractivity contribution is 0.327. The largest absolute Gasteiger partial charge is 0.269 e. The van der Waals surface area contributed by atoms with E-state index >= 15 is 0 Å². The Balaban J connectivity index is 1.62. The molecule has 1 aromatic rings. The van der Waals surface area contributed by atoms with E-state index in [9.17, 15) is 0 Å². The van der Waals surface area contributed by atoms with Crippen molar-refractivity contribution in [2.24, 2.45) is 5.92 Å². The minimum atomic E-state index is 0.379. The van der Waals surface area contributed by atoms with Gasteiger partial charge in [0.1, 0.15) is 0 Å². The van der Waals surface area contributed by atoms with E-state index in [1.165, 1.54) is 57.1 Å². The molecule has 2 aliphatic carbocycles. The first-order valence-corrected chi connectivity index (χ1v) is 7.94. The van der Waals surface area contributed by atoms with Gasteiger partial charge < -0.3 is 0 Å². The summed E-state index contributed by atoms with van der Waals surface area (Å²) in [6.45, 7) is 0. The van der Waals surface area contributed by atoms with Gasteiger partial charge in [0, 0.05) is 11.6 Å². The molecule has 0 aliphatic heterocycles. The minimum Gasteiger partial charge on any atom is -0.269 e. The first-order valence-electron chi connectivity index (χ1n) is 7.51. The van der Waals surface area contributed by atoms with Crippen LogP contribution in [-0.2, 0) is 6.42 Å². The van der Waals surface area contributed by atoms with Gasteiger partial charge in [0.15, 0.2) is 0 Å². The Labute approximate surface area is 115 Å². The molecule has 2 nitrogen and oxygen atoms in total. The topological polar surface area (TPSA) is 17.8 Å². The number of rotatable bonds is 3. The number of aromatic nitrogens is 2. The van der Waals surface area contributed by atoms with Gasteiger partial charge in [-0.05, 0) is 44.1 Å². The lowest BCUT2D eigenvalue weighted by atomic mass is 9.96. The standard InChI is InChI=1S/C15H23ClN2/c16-15-8-4-5-12(15)11-13-9-10-18(17-13)14-6-2-1-3-7-14/h9-10,12,14-15H,1-8,11H2.